The van der Waals surface area contributed by atoms with Crippen LogP contribution in [0.5, 0.6) is 0 Å². The van der Waals surface area contributed by atoms with E-state index in [0.29, 0.717) is 17.8 Å². The van der Waals surface area contributed by atoms with E-state index in [2.05, 4.69) is 16.5 Å². The lowest BCUT2D eigenvalue weighted by atomic mass is 10.1. The molecule has 0 aliphatic carbocycles. The fourth-order valence-electron chi connectivity index (χ4n) is 1.90. The van der Waals surface area contributed by atoms with E-state index in [4.69, 9.17) is 5.26 Å². The molecule has 0 aliphatic rings. The van der Waals surface area contributed by atoms with Crippen LogP contribution in [-0.2, 0) is 19.9 Å². The van der Waals surface area contributed by atoms with Crippen molar-refractivity contribution in [1.82, 2.24) is 9.78 Å². The molecule has 1 amide bonds. The molecule has 20 heavy (non-hydrogen) atoms. The van der Waals surface area contributed by atoms with Crippen LogP contribution in [0.2, 0.25) is 0 Å². The molecular formula is C15H16N4O. The van der Waals surface area contributed by atoms with Gasteiger partial charge in [-0.1, -0.05) is 19.1 Å². The second kappa shape index (κ2) is 6.02. The first-order chi connectivity index (χ1) is 9.63. The van der Waals surface area contributed by atoms with Gasteiger partial charge in [0, 0.05) is 12.7 Å². The highest BCUT2D eigenvalue weighted by atomic mass is 16.2. The number of aromatic nitrogens is 2. The third kappa shape index (κ3) is 3.04. The number of aryl methyl sites for hydroxylation is 2. The van der Waals surface area contributed by atoms with Gasteiger partial charge in [0.1, 0.15) is 5.69 Å². The van der Waals surface area contributed by atoms with Gasteiger partial charge in [0.05, 0.1) is 18.2 Å². The van der Waals surface area contributed by atoms with Gasteiger partial charge < -0.3 is 5.32 Å². The van der Waals surface area contributed by atoms with Crippen LogP contribution in [0.25, 0.3) is 0 Å². The van der Waals surface area contributed by atoms with E-state index in [-0.39, 0.29) is 5.91 Å². The van der Waals surface area contributed by atoms with Gasteiger partial charge in [-0.15, -0.1) is 0 Å². The van der Waals surface area contributed by atoms with Gasteiger partial charge in [0.25, 0.3) is 5.91 Å². The van der Waals surface area contributed by atoms with Crippen molar-refractivity contribution < 1.29 is 4.79 Å². The zero-order chi connectivity index (χ0) is 14.5. The molecule has 1 aromatic carbocycles. The van der Waals surface area contributed by atoms with Crippen LogP contribution in [0, 0.1) is 11.3 Å². The number of nitrogens with one attached hydrogen (secondary N) is 1. The monoisotopic (exact) mass is 268 g/mol. The molecule has 0 atom stereocenters. The normalized spacial score (nSPS) is 10.1. The molecule has 1 N–H and O–H groups in total. The highest BCUT2D eigenvalue weighted by Gasteiger charge is 2.12. The fourth-order valence-corrected chi connectivity index (χ4v) is 1.90. The van der Waals surface area contributed by atoms with Crippen LogP contribution in [0.4, 0.5) is 5.69 Å². The maximum Gasteiger partial charge on any atom is 0.273 e. The van der Waals surface area contributed by atoms with Gasteiger partial charge in [-0.25, -0.2) is 0 Å². The number of anilines is 1. The molecule has 102 valence electrons. The van der Waals surface area contributed by atoms with Crippen molar-refractivity contribution in [1.29, 1.82) is 5.26 Å². The van der Waals surface area contributed by atoms with Crippen molar-refractivity contribution in [3.63, 3.8) is 0 Å². The Kier molecular flexibility index (Phi) is 4.16. The van der Waals surface area contributed by atoms with E-state index in [1.54, 1.807) is 29.9 Å². The van der Waals surface area contributed by atoms with Gasteiger partial charge in [-0.2, -0.15) is 10.4 Å². The van der Waals surface area contributed by atoms with Gasteiger partial charge in [-0.3, -0.25) is 9.48 Å². The van der Waals surface area contributed by atoms with Gasteiger partial charge in [0.2, 0.25) is 0 Å². The van der Waals surface area contributed by atoms with Gasteiger partial charge >= 0.3 is 0 Å². The van der Waals surface area contributed by atoms with Crippen LogP contribution in [0.15, 0.2) is 30.3 Å². The summed E-state index contributed by atoms with van der Waals surface area (Å²) >= 11 is 0. The Labute approximate surface area is 117 Å². The van der Waals surface area contributed by atoms with E-state index < -0.39 is 0 Å². The Balaban J connectivity index is 2.11. The average molecular weight is 268 g/mol. The van der Waals surface area contributed by atoms with E-state index in [1.807, 2.05) is 19.1 Å². The van der Waals surface area contributed by atoms with Crippen LogP contribution in [0.3, 0.4) is 0 Å². The van der Waals surface area contributed by atoms with Crippen molar-refractivity contribution in [2.45, 2.75) is 19.8 Å². The van der Waals surface area contributed by atoms with Crippen molar-refractivity contribution in [3.05, 3.63) is 47.3 Å². The number of carbonyl (C=O) groups is 1. The number of carbonyl (C=O) groups excluding carboxylic acids is 1. The third-order valence-electron chi connectivity index (χ3n) is 3.02. The molecule has 1 aromatic heterocycles. The summed E-state index contributed by atoms with van der Waals surface area (Å²) in [5.74, 6) is -0.187. The molecule has 0 saturated heterocycles. The minimum absolute atomic E-state index is 0.187. The average Bonchev–Trinajstić information content (AvgIpc) is 2.83. The predicted molar refractivity (Wildman–Crippen MR) is 76.3 cm³/mol. The summed E-state index contributed by atoms with van der Waals surface area (Å²) in [6, 6.07) is 11.1. The van der Waals surface area contributed by atoms with E-state index in [9.17, 15) is 4.79 Å². The Hall–Kier alpha value is -2.61. The fraction of sp³-hybridized carbons (Fsp3) is 0.267. The van der Waals surface area contributed by atoms with E-state index in [1.165, 1.54) is 0 Å². The number of nitriles is 1. The second-order valence-corrected chi connectivity index (χ2v) is 4.48. The van der Waals surface area contributed by atoms with Gasteiger partial charge in [0.15, 0.2) is 0 Å². The lowest BCUT2D eigenvalue weighted by Crippen LogP contribution is -2.15. The van der Waals surface area contributed by atoms with Gasteiger partial charge in [-0.05, 0) is 30.2 Å². The molecule has 0 saturated carbocycles. The maximum absolute atomic E-state index is 12.2. The summed E-state index contributed by atoms with van der Waals surface area (Å²) in [4.78, 5) is 12.2. The lowest BCUT2D eigenvalue weighted by molar-refractivity contribution is 0.101. The summed E-state index contributed by atoms with van der Waals surface area (Å²) in [6.45, 7) is 2.00. The largest absolute Gasteiger partial charge is 0.321 e. The Morgan fingerprint density at radius 1 is 1.40 bits per heavy atom. The van der Waals surface area contributed by atoms with E-state index in [0.717, 1.165) is 17.7 Å². The van der Waals surface area contributed by atoms with Crippen molar-refractivity contribution >= 4 is 11.6 Å². The second-order valence-electron chi connectivity index (χ2n) is 4.48. The predicted octanol–water partition coefficient (Wildman–Crippen LogP) is 2.30. The standard InChI is InChI=1S/C15H16N4O/c1-3-12-10-14(19(2)18-12)15(20)17-13-6-4-11(5-7-13)8-9-16/h4-7,10H,3,8H2,1-2H3,(H,17,20). The maximum atomic E-state index is 12.2. The summed E-state index contributed by atoms with van der Waals surface area (Å²) in [5, 5.41) is 15.7. The van der Waals surface area contributed by atoms with Crippen LogP contribution in [0.1, 0.15) is 28.7 Å². The zero-order valence-corrected chi connectivity index (χ0v) is 11.6. The first-order valence-corrected chi connectivity index (χ1v) is 6.44. The van der Waals surface area contributed by atoms with Crippen molar-refractivity contribution in [3.8, 4) is 6.07 Å². The summed E-state index contributed by atoms with van der Waals surface area (Å²) in [7, 11) is 1.75. The molecule has 1 heterocycles. The SMILES string of the molecule is CCc1cc(C(=O)Nc2ccc(CC#N)cc2)n(C)n1. The topological polar surface area (TPSA) is 70.7 Å². The molecule has 0 spiro atoms. The summed E-state index contributed by atoms with van der Waals surface area (Å²) < 4.78 is 1.58. The molecule has 2 aromatic rings. The number of hydrogen-bond donors (Lipinski definition) is 1. The third-order valence-corrected chi connectivity index (χ3v) is 3.02. The Bertz CT molecular complexity index is 650. The molecule has 0 radical (unpaired) electrons. The molecule has 0 bridgehead atoms. The van der Waals surface area contributed by atoms with Crippen molar-refractivity contribution in [2.75, 3.05) is 5.32 Å². The van der Waals surface area contributed by atoms with Crippen molar-refractivity contribution in [2.24, 2.45) is 7.05 Å². The number of benzene rings is 1. The number of hydrogen-bond acceptors (Lipinski definition) is 3. The zero-order valence-electron chi connectivity index (χ0n) is 11.6. The van der Waals surface area contributed by atoms with Crippen LogP contribution >= 0.6 is 0 Å². The molecule has 0 fully saturated rings. The Morgan fingerprint density at radius 2 is 2.10 bits per heavy atom. The summed E-state index contributed by atoms with van der Waals surface area (Å²) in [6.07, 6.45) is 1.17. The Morgan fingerprint density at radius 3 is 2.65 bits per heavy atom. The molecular weight excluding hydrogens is 252 g/mol. The number of nitrogens with zero attached hydrogens (tertiary/aromatic N) is 3. The molecule has 0 aliphatic heterocycles. The molecule has 0 unspecified atom stereocenters. The first-order valence-electron chi connectivity index (χ1n) is 6.44. The quantitative estimate of drug-likeness (QED) is 0.924. The smallest absolute Gasteiger partial charge is 0.273 e. The highest BCUT2D eigenvalue weighted by molar-refractivity contribution is 6.03. The highest BCUT2D eigenvalue weighted by Crippen LogP contribution is 2.12. The van der Waals surface area contributed by atoms with Crippen LogP contribution in [-0.4, -0.2) is 15.7 Å². The minimum Gasteiger partial charge on any atom is -0.321 e. The molecule has 5 heteroatoms. The first kappa shape index (κ1) is 13.8. The number of amides is 1. The number of rotatable bonds is 4. The minimum atomic E-state index is -0.187. The lowest BCUT2D eigenvalue weighted by Gasteiger charge is -2.05. The molecule has 5 nitrogen and oxygen atoms in total. The molecule has 2 rings (SSSR count). The van der Waals surface area contributed by atoms with Crippen LogP contribution < -0.4 is 5.32 Å². The van der Waals surface area contributed by atoms with E-state index >= 15 is 0 Å². The summed E-state index contributed by atoms with van der Waals surface area (Å²) in [5.41, 5.74) is 3.06.